The number of benzene rings is 1. The van der Waals surface area contributed by atoms with Gasteiger partial charge in [-0.05, 0) is 30.5 Å². The Kier molecular flexibility index (Phi) is 6.73. The van der Waals surface area contributed by atoms with E-state index in [1.807, 2.05) is 12.1 Å². The van der Waals surface area contributed by atoms with Crippen molar-refractivity contribution in [1.82, 2.24) is 10.5 Å². The first kappa shape index (κ1) is 19.0. The van der Waals surface area contributed by atoms with Crippen LogP contribution in [0, 0.1) is 5.82 Å². The van der Waals surface area contributed by atoms with E-state index in [0.717, 1.165) is 17.7 Å². The minimum Gasteiger partial charge on any atom is -0.390 e. The van der Waals surface area contributed by atoms with Gasteiger partial charge in [-0.25, -0.2) is 4.39 Å². The van der Waals surface area contributed by atoms with Crippen molar-refractivity contribution < 1.29 is 23.5 Å². The highest BCUT2D eigenvalue weighted by atomic mass is 19.1. The Bertz CT molecular complexity index is 694. The van der Waals surface area contributed by atoms with Gasteiger partial charge >= 0.3 is 0 Å². The number of hydrogen-bond donors (Lipinski definition) is 2. The maximum absolute atomic E-state index is 13.2. The van der Waals surface area contributed by atoms with Crippen LogP contribution in [-0.2, 0) is 29.0 Å². The average molecular weight is 364 g/mol. The largest absolute Gasteiger partial charge is 0.390 e. The summed E-state index contributed by atoms with van der Waals surface area (Å²) in [5.74, 6) is 0.436. The summed E-state index contributed by atoms with van der Waals surface area (Å²) in [6.07, 6.45) is 1.27. The molecule has 1 saturated heterocycles. The second kappa shape index (κ2) is 9.23. The number of methoxy groups -OCH3 is 1. The minimum absolute atomic E-state index is 0.0140. The highest BCUT2D eigenvalue weighted by Gasteiger charge is 2.30. The molecule has 3 unspecified atom stereocenters. The van der Waals surface area contributed by atoms with E-state index >= 15 is 0 Å². The van der Waals surface area contributed by atoms with Crippen LogP contribution >= 0.6 is 0 Å². The van der Waals surface area contributed by atoms with Crippen LogP contribution in [0.4, 0.5) is 4.39 Å². The number of aliphatic hydroxyl groups excluding tert-OH is 1. The van der Waals surface area contributed by atoms with Crippen LogP contribution in [-0.4, -0.2) is 42.2 Å². The Labute approximate surface area is 152 Å². The van der Waals surface area contributed by atoms with Gasteiger partial charge in [0.15, 0.2) is 5.76 Å². The number of halogens is 1. The van der Waals surface area contributed by atoms with Gasteiger partial charge < -0.3 is 24.4 Å². The van der Waals surface area contributed by atoms with Crippen molar-refractivity contribution in [3.05, 3.63) is 53.2 Å². The molecule has 26 heavy (non-hydrogen) atoms. The van der Waals surface area contributed by atoms with E-state index in [-0.39, 0.29) is 18.0 Å². The van der Waals surface area contributed by atoms with Crippen molar-refractivity contribution >= 4 is 0 Å². The van der Waals surface area contributed by atoms with Crippen LogP contribution in [0.15, 0.2) is 34.9 Å². The predicted octanol–water partition coefficient (Wildman–Crippen LogP) is 2.20. The molecule has 2 aromatic rings. The maximum Gasteiger partial charge on any atom is 0.162 e. The molecular weight excluding hydrogens is 339 g/mol. The lowest BCUT2D eigenvalue weighted by molar-refractivity contribution is -0.115. The highest BCUT2D eigenvalue weighted by Crippen LogP contribution is 2.22. The summed E-state index contributed by atoms with van der Waals surface area (Å²) in [5.41, 5.74) is 1.69. The molecule has 3 atom stereocenters. The number of ether oxygens (including phenoxy) is 2. The zero-order valence-electron chi connectivity index (χ0n) is 14.9. The first-order valence-electron chi connectivity index (χ1n) is 8.86. The van der Waals surface area contributed by atoms with E-state index in [2.05, 4.69) is 10.5 Å². The lowest BCUT2D eigenvalue weighted by Crippen LogP contribution is -2.45. The van der Waals surface area contributed by atoms with Crippen LogP contribution in [0.2, 0.25) is 0 Å². The van der Waals surface area contributed by atoms with Crippen LogP contribution in [0.3, 0.4) is 0 Å². The standard InChI is InChI=1S/C19H25FN2O4/c1-24-12-17-9-15(22-26-17)8-16-5-6-18(23)19(25-16)11-21-10-13-3-2-4-14(20)7-13/h2-4,7,9,16,18-19,21,23H,5-6,8,10-12H2,1H3. The molecule has 0 radical (unpaired) electrons. The van der Waals surface area contributed by atoms with Gasteiger partial charge in [-0.2, -0.15) is 0 Å². The highest BCUT2D eigenvalue weighted by molar-refractivity contribution is 5.16. The summed E-state index contributed by atoms with van der Waals surface area (Å²) in [5, 5.41) is 17.5. The fraction of sp³-hybridized carbons (Fsp3) is 0.526. The van der Waals surface area contributed by atoms with Crippen LogP contribution in [0.5, 0.6) is 0 Å². The number of aromatic nitrogens is 1. The molecule has 1 aliphatic heterocycles. The van der Waals surface area contributed by atoms with Gasteiger partial charge in [0.05, 0.1) is 24.0 Å². The van der Waals surface area contributed by atoms with E-state index in [1.165, 1.54) is 12.1 Å². The monoisotopic (exact) mass is 364 g/mol. The van der Waals surface area contributed by atoms with Crippen molar-refractivity contribution in [2.24, 2.45) is 0 Å². The predicted molar refractivity (Wildman–Crippen MR) is 92.9 cm³/mol. The van der Waals surface area contributed by atoms with Gasteiger partial charge in [-0.3, -0.25) is 0 Å². The van der Waals surface area contributed by atoms with Gasteiger partial charge in [-0.1, -0.05) is 17.3 Å². The fourth-order valence-electron chi connectivity index (χ4n) is 3.18. The molecule has 0 bridgehead atoms. The minimum atomic E-state index is -0.507. The first-order valence-corrected chi connectivity index (χ1v) is 8.86. The van der Waals surface area contributed by atoms with E-state index in [4.69, 9.17) is 14.0 Å². The summed E-state index contributed by atoms with van der Waals surface area (Å²) in [4.78, 5) is 0. The van der Waals surface area contributed by atoms with E-state index in [9.17, 15) is 9.50 Å². The molecule has 0 spiro atoms. The third kappa shape index (κ3) is 5.35. The number of nitrogens with zero attached hydrogens (tertiary/aromatic N) is 1. The Balaban J connectivity index is 1.47. The number of rotatable bonds is 8. The molecule has 1 fully saturated rings. The number of aliphatic hydroxyl groups is 1. The summed E-state index contributed by atoms with van der Waals surface area (Å²) >= 11 is 0. The van der Waals surface area contributed by atoms with Crippen molar-refractivity contribution in [3.8, 4) is 0 Å². The van der Waals surface area contributed by atoms with E-state index in [0.29, 0.717) is 38.3 Å². The quantitative estimate of drug-likeness (QED) is 0.748. The molecule has 1 aromatic carbocycles. The summed E-state index contributed by atoms with van der Waals surface area (Å²) < 4.78 is 29.5. The zero-order chi connectivity index (χ0) is 18.4. The zero-order valence-corrected chi connectivity index (χ0v) is 14.9. The Morgan fingerprint density at radius 2 is 2.23 bits per heavy atom. The molecule has 2 N–H and O–H groups in total. The van der Waals surface area contributed by atoms with Crippen molar-refractivity contribution in [2.75, 3.05) is 13.7 Å². The maximum atomic E-state index is 13.2. The van der Waals surface area contributed by atoms with Gasteiger partial charge in [0.2, 0.25) is 0 Å². The topological polar surface area (TPSA) is 76.8 Å². The second-order valence-corrected chi connectivity index (χ2v) is 6.62. The molecule has 6 nitrogen and oxygen atoms in total. The summed E-state index contributed by atoms with van der Waals surface area (Å²) in [6.45, 7) is 1.42. The number of hydrogen-bond acceptors (Lipinski definition) is 6. The lowest BCUT2D eigenvalue weighted by atomic mass is 9.98. The van der Waals surface area contributed by atoms with Crippen molar-refractivity contribution in [2.45, 2.75) is 50.7 Å². The van der Waals surface area contributed by atoms with Crippen LogP contribution in [0.25, 0.3) is 0 Å². The van der Waals surface area contributed by atoms with E-state index < -0.39 is 6.10 Å². The van der Waals surface area contributed by atoms with Crippen molar-refractivity contribution in [3.63, 3.8) is 0 Å². The third-order valence-electron chi connectivity index (χ3n) is 4.48. The normalized spacial score (nSPS) is 23.3. The molecule has 0 aliphatic carbocycles. The Morgan fingerprint density at radius 3 is 3.04 bits per heavy atom. The molecule has 1 aliphatic rings. The summed E-state index contributed by atoms with van der Waals surface area (Å²) in [7, 11) is 1.61. The smallest absolute Gasteiger partial charge is 0.162 e. The average Bonchev–Trinajstić information content (AvgIpc) is 3.05. The van der Waals surface area contributed by atoms with Crippen LogP contribution in [0.1, 0.15) is 29.9 Å². The Morgan fingerprint density at radius 1 is 1.35 bits per heavy atom. The first-order chi connectivity index (χ1) is 12.6. The van der Waals surface area contributed by atoms with E-state index in [1.54, 1.807) is 13.2 Å². The molecule has 3 rings (SSSR count). The molecule has 7 heteroatoms. The Hall–Kier alpha value is -1.80. The molecule has 1 aromatic heterocycles. The molecule has 142 valence electrons. The third-order valence-corrected chi connectivity index (χ3v) is 4.48. The molecule has 2 heterocycles. The fourth-order valence-corrected chi connectivity index (χ4v) is 3.18. The molecule has 0 amide bonds. The molecule has 0 saturated carbocycles. The number of nitrogens with one attached hydrogen (secondary N) is 1. The van der Waals surface area contributed by atoms with Gasteiger partial charge in [0.1, 0.15) is 12.4 Å². The second-order valence-electron chi connectivity index (χ2n) is 6.62. The van der Waals surface area contributed by atoms with Crippen LogP contribution < -0.4 is 5.32 Å². The molecular formula is C19H25FN2O4. The SMILES string of the molecule is COCc1cc(CC2CCC(O)C(CNCc3cccc(F)c3)O2)no1. The van der Waals surface area contributed by atoms with Gasteiger partial charge in [0, 0.05) is 32.7 Å². The summed E-state index contributed by atoms with van der Waals surface area (Å²) in [6, 6.07) is 8.33. The lowest BCUT2D eigenvalue weighted by Gasteiger charge is -2.34. The van der Waals surface area contributed by atoms with Crippen molar-refractivity contribution in [1.29, 1.82) is 0 Å². The van der Waals surface area contributed by atoms with Gasteiger partial charge in [-0.15, -0.1) is 0 Å². The van der Waals surface area contributed by atoms with Gasteiger partial charge in [0.25, 0.3) is 0 Å².